The van der Waals surface area contributed by atoms with Gasteiger partial charge in [0.05, 0.1) is 0 Å². The lowest BCUT2D eigenvalue weighted by molar-refractivity contribution is -0.116. The average molecular weight is 249 g/mol. The summed E-state index contributed by atoms with van der Waals surface area (Å²) in [5, 5.41) is 1.98. The molecule has 3 heteroatoms. The van der Waals surface area contributed by atoms with Gasteiger partial charge in [-0.1, -0.05) is 13.8 Å². The Morgan fingerprint density at radius 3 is 2.50 bits per heavy atom. The van der Waals surface area contributed by atoms with E-state index >= 15 is 0 Å². The maximum atomic E-state index is 10.6. The Labute approximate surface area is 85.9 Å². The van der Waals surface area contributed by atoms with Gasteiger partial charge in [-0.05, 0) is 28.9 Å². The summed E-state index contributed by atoms with van der Waals surface area (Å²) in [4.78, 5) is 11.7. The minimum atomic E-state index is 0.217. The van der Waals surface area contributed by atoms with Gasteiger partial charge in [0, 0.05) is 21.2 Å². The van der Waals surface area contributed by atoms with Crippen molar-refractivity contribution in [1.82, 2.24) is 0 Å². The van der Waals surface area contributed by atoms with Gasteiger partial charge in [0.15, 0.2) is 0 Å². The molecule has 0 N–H and O–H groups in total. The van der Waals surface area contributed by atoms with Crippen LogP contribution in [0.15, 0.2) is 15.9 Å². The molecule has 12 heavy (non-hydrogen) atoms. The summed E-state index contributed by atoms with van der Waals surface area (Å²) in [6.45, 7) is 5.60. The number of Topliss-reactive ketones (excluding diaryl/α,β-unsaturated/α-hetero) is 1. The zero-order valence-corrected chi connectivity index (χ0v) is 9.96. The first-order chi connectivity index (χ1) is 5.68. The first-order valence-corrected chi connectivity index (χ1v) is 5.58. The molecule has 1 aromatic rings. The summed E-state index contributed by atoms with van der Waals surface area (Å²) in [6.07, 6.45) is 0.566. The van der Waals surface area contributed by atoms with E-state index in [4.69, 9.17) is 0 Å². The fraction of sp³-hybridized carbons (Fsp3) is 0.444. The molecule has 0 bridgehead atoms. The average Bonchev–Trinajstić information content (AvgIpc) is 2.39. The first-order valence-electron chi connectivity index (χ1n) is 3.91. The van der Waals surface area contributed by atoms with Gasteiger partial charge >= 0.3 is 0 Å². The molecule has 0 aliphatic carbocycles. The van der Waals surface area contributed by atoms with Crippen LogP contribution in [0.1, 0.15) is 25.6 Å². The number of thiophene rings is 1. The van der Waals surface area contributed by atoms with E-state index in [-0.39, 0.29) is 5.78 Å². The molecule has 0 atom stereocenters. The van der Waals surface area contributed by atoms with E-state index in [1.165, 1.54) is 0 Å². The number of ketones is 1. The molecule has 0 aliphatic rings. The molecule has 1 aromatic heterocycles. The largest absolute Gasteiger partial charge is 0.300 e. The molecular weight excluding hydrogens is 236 g/mol. The second-order valence-corrected chi connectivity index (χ2v) is 4.02. The predicted octanol–water partition coefficient (Wildman–Crippen LogP) is 3.67. The van der Waals surface area contributed by atoms with Gasteiger partial charge < -0.3 is 0 Å². The molecule has 0 saturated heterocycles. The Kier molecular flexibility index (Phi) is 6.30. The van der Waals surface area contributed by atoms with Crippen molar-refractivity contribution >= 4 is 33.0 Å². The van der Waals surface area contributed by atoms with Crippen LogP contribution < -0.4 is 0 Å². The summed E-state index contributed by atoms with van der Waals surface area (Å²) < 4.78 is 1.06. The highest BCUT2D eigenvalue weighted by atomic mass is 79.9. The minimum Gasteiger partial charge on any atom is -0.300 e. The summed E-state index contributed by atoms with van der Waals surface area (Å²) >= 11 is 4.93. The van der Waals surface area contributed by atoms with Crippen LogP contribution in [0.25, 0.3) is 0 Å². The molecule has 1 rings (SSSR count). The third-order valence-corrected chi connectivity index (χ3v) is 2.74. The van der Waals surface area contributed by atoms with Gasteiger partial charge in [-0.25, -0.2) is 0 Å². The van der Waals surface area contributed by atoms with Gasteiger partial charge in [-0.2, -0.15) is 0 Å². The van der Waals surface area contributed by atoms with E-state index < -0.39 is 0 Å². The number of rotatable bonds is 2. The van der Waals surface area contributed by atoms with E-state index in [1.807, 2.05) is 25.3 Å². The molecule has 0 aromatic carbocycles. The highest BCUT2D eigenvalue weighted by Gasteiger charge is 1.99. The van der Waals surface area contributed by atoms with E-state index in [0.717, 1.165) is 9.35 Å². The third-order valence-electron chi connectivity index (χ3n) is 1.04. The van der Waals surface area contributed by atoms with Crippen molar-refractivity contribution in [2.45, 2.75) is 27.2 Å². The van der Waals surface area contributed by atoms with E-state index in [2.05, 4.69) is 15.9 Å². The summed E-state index contributed by atoms with van der Waals surface area (Å²) in [5.74, 6) is 0.217. The molecule has 1 heterocycles. The Bertz CT molecular complexity index is 242. The standard InChI is InChI=1S/C7H7BrOS.C2H6/c1-5(9)2-7-3-6(8)4-10-7;1-2/h3-4H,2H2,1H3;1-2H3. The predicted molar refractivity (Wildman–Crippen MR) is 57.8 cm³/mol. The maximum absolute atomic E-state index is 10.6. The molecule has 0 aliphatic heterocycles. The lowest BCUT2D eigenvalue weighted by atomic mass is 10.3. The van der Waals surface area contributed by atoms with Gasteiger partial charge in [0.25, 0.3) is 0 Å². The fourth-order valence-corrected chi connectivity index (χ4v) is 2.21. The van der Waals surface area contributed by atoms with Crippen molar-refractivity contribution in [3.8, 4) is 0 Å². The Morgan fingerprint density at radius 2 is 2.17 bits per heavy atom. The summed E-state index contributed by atoms with van der Waals surface area (Å²) in [6, 6.07) is 1.98. The van der Waals surface area contributed by atoms with Crippen LogP contribution in [0.4, 0.5) is 0 Å². The molecule has 0 amide bonds. The second-order valence-electron chi connectivity index (χ2n) is 2.11. The highest BCUT2D eigenvalue weighted by Crippen LogP contribution is 2.19. The van der Waals surface area contributed by atoms with Crippen LogP contribution in [0.3, 0.4) is 0 Å². The smallest absolute Gasteiger partial charge is 0.135 e. The van der Waals surface area contributed by atoms with E-state index in [9.17, 15) is 4.79 Å². The topological polar surface area (TPSA) is 17.1 Å². The van der Waals surface area contributed by atoms with Crippen molar-refractivity contribution in [2.24, 2.45) is 0 Å². The third kappa shape index (κ3) is 4.67. The Hall–Kier alpha value is -0.150. The van der Waals surface area contributed by atoms with Crippen LogP contribution in [0.5, 0.6) is 0 Å². The summed E-state index contributed by atoms with van der Waals surface area (Å²) in [7, 11) is 0. The number of halogens is 1. The minimum absolute atomic E-state index is 0.217. The summed E-state index contributed by atoms with van der Waals surface area (Å²) in [5.41, 5.74) is 0. The maximum Gasteiger partial charge on any atom is 0.135 e. The van der Waals surface area contributed by atoms with Gasteiger partial charge in [0.1, 0.15) is 5.78 Å². The monoisotopic (exact) mass is 248 g/mol. The van der Waals surface area contributed by atoms with Crippen LogP contribution in [0.2, 0.25) is 0 Å². The zero-order chi connectivity index (χ0) is 9.56. The van der Waals surface area contributed by atoms with Crippen molar-refractivity contribution in [1.29, 1.82) is 0 Å². The van der Waals surface area contributed by atoms with Crippen LogP contribution in [-0.4, -0.2) is 5.78 Å². The SMILES string of the molecule is CC.CC(=O)Cc1cc(Br)cs1. The second kappa shape index (κ2) is 6.38. The van der Waals surface area contributed by atoms with Crippen LogP contribution in [-0.2, 0) is 11.2 Å². The Morgan fingerprint density at radius 1 is 1.58 bits per heavy atom. The quantitative estimate of drug-likeness (QED) is 0.781. The van der Waals surface area contributed by atoms with Crippen molar-refractivity contribution in [2.75, 3.05) is 0 Å². The number of carbonyl (C=O) groups excluding carboxylic acids is 1. The van der Waals surface area contributed by atoms with Crippen molar-refractivity contribution < 1.29 is 4.79 Å². The molecule has 68 valence electrons. The highest BCUT2D eigenvalue weighted by molar-refractivity contribution is 9.10. The molecule has 0 fully saturated rings. The van der Waals surface area contributed by atoms with Gasteiger partial charge in [-0.15, -0.1) is 11.3 Å². The lowest BCUT2D eigenvalue weighted by Crippen LogP contribution is -1.92. The van der Waals surface area contributed by atoms with Crippen molar-refractivity contribution in [3.05, 3.63) is 20.8 Å². The van der Waals surface area contributed by atoms with Gasteiger partial charge in [0.2, 0.25) is 0 Å². The molecule has 0 unspecified atom stereocenters. The van der Waals surface area contributed by atoms with E-state index in [1.54, 1.807) is 18.3 Å². The first kappa shape index (κ1) is 11.8. The number of hydrogen-bond donors (Lipinski definition) is 0. The van der Waals surface area contributed by atoms with Crippen molar-refractivity contribution in [3.63, 3.8) is 0 Å². The zero-order valence-electron chi connectivity index (χ0n) is 7.56. The van der Waals surface area contributed by atoms with Crippen LogP contribution >= 0.6 is 27.3 Å². The Balaban J connectivity index is 0.000000561. The normalized spacial score (nSPS) is 8.67. The molecule has 0 radical (unpaired) electrons. The molecule has 1 nitrogen and oxygen atoms in total. The molecule has 0 spiro atoms. The molecular formula is C9H13BrOS. The van der Waals surface area contributed by atoms with Crippen LogP contribution in [0, 0.1) is 0 Å². The molecule has 0 saturated carbocycles. The fourth-order valence-electron chi connectivity index (χ4n) is 0.692. The number of hydrogen-bond acceptors (Lipinski definition) is 2. The lowest BCUT2D eigenvalue weighted by Gasteiger charge is -1.86. The van der Waals surface area contributed by atoms with Gasteiger partial charge in [-0.3, -0.25) is 4.79 Å². The number of carbonyl (C=O) groups is 1. The van der Waals surface area contributed by atoms with E-state index in [0.29, 0.717) is 6.42 Å².